The Bertz CT molecular complexity index is 1370. The molecule has 0 spiro atoms. The second kappa shape index (κ2) is 7.46. The second-order valence-electron chi connectivity index (χ2n) is 7.26. The van der Waals surface area contributed by atoms with E-state index in [0.29, 0.717) is 11.2 Å². The van der Waals surface area contributed by atoms with E-state index in [-0.39, 0.29) is 10.1 Å². The molecule has 0 saturated carbocycles. The Kier molecular flexibility index (Phi) is 5.09. The zero-order valence-electron chi connectivity index (χ0n) is 16.0. The van der Waals surface area contributed by atoms with E-state index in [1.807, 2.05) is 12.1 Å². The van der Waals surface area contributed by atoms with Gasteiger partial charge in [-0.15, -0.1) is 0 Å². The van der Waals surface area contributed by atoms with Crippen molar-refractivity contribution in [3.8, 4) is 11.1 Å². The lowest BCUT2D eigenvalue weighted by Crippen LogP contribution is -2.44. The second-order valence-corrected chi connectivity index (χ2v) is 9.32. The Morgan fingerprint density at radius 3 is 2.47 bits per heavy atom. The molecule has 0 aliphatic rings. The maximum absolute atomic E-state index is 12.7. The first kappa shape index (κ1) is 20.5. The molecule has 0 radical (unpaired) electrons. The van der Waals surface area contributed by atoms with Gasteiger partial charge in [0, 0.05) is 22.4 Å². The van der Waals surface area contributed by atoms with Crippen LogP contribution in [-0.2, 0) is 14.8 Å². The van der Waals surface area contributed by atoms with E-state index in [1.165, 1.54) is 18.4 Å². The lowest BCUT2D eigenvalue weighted by molar-refractivity contribution is -0.140. The standard InChI is InChI=1S/C21H18ClNO6S/c1-11(2)19(21(24)25)23-30(26,27)13-4-5-15-16-9-12(14-7-8-28-20(14)22)3-6-17(16)29-18(15)10-13/h3-11,19,23H,1-2H3,(H,24,25)/t19-/m0/s1. The third-order valence-corrected chi connectivity index (χ3v) is 6.63. The maximum Gasteiger partial charge on any atom is 0.322 e. The summed E-state index contributed by atoms with van der Waals surface area (Å²) < 4.78 is 38.6. The van der Waals surface area contributed by atoms with Crippen LogP contribution in [0.5, 0.6) is 0 Å². The summed E-state index contributed by atoms with van der Waals surface area (Å²) >= 11 is 6.07. The molecular formula is C21H18ClNO6S. The van der Waals surface area contributed by atoms with E-state index in [4.69, 9.17) is 20.4 Å². The number of sulfonamides is 1. The zero-order valence-corrected chi connectivity index (χ0v) is 17.6. The summed E-state index contributed by atoms with van der Waals surface area (Å²) in [6.07, 6.45) is 1.50. The summed E-state index contributed by atoms with van der Waals surface area (Å²) in [6.45, 7) is 3.27. The average molecular weight is 448 g/mol. The molecule has 2 N–H and O–H groups in total. The number of carboxylic acids is 1. The number of furan rings is 2. The van der Waals surface area contributed by atoms with E-state index in [2.05, 4.69) is 4.72 Å². The van der Waals surface area contributed by atoms with Gasteiger partial charge in [-0.1, -0.05) is 19.9 Å². The number of nitrogens with one attached hydrogen (secondary N) is 1. The summed E-state index contributed by atoms with van der Waals surface area (Å²) in [4.78, 5) is 11.3. The summed E-state index contributed by atoms with van der Waals surface area (Å²) in [5.41, 5.74) is 2.54. The quantitative estimate of drug-likeness (QED) is 0.435. The molecule has 9 heteroatoms. The van der Waals surface area contributed by atoms with Crippen molar-refractivity contribution in [2.45, 2.75) is 24.8 Å². The van der Waals surface area contributed by atoms with Crippen LogP contribution in [0.2, 0.25) is 5.22 Å². The Hall–Kier alpha value is -2.81. The minimum atomic E-state index is -4.05. The van der Waals surface area contributed by atoms with E-state index >= 15 is 0 Å². The molecule has 0 amide bonds. The molecule has 0 bridgehead atoms. The van der Waals surface area contributed by atoms with Gasteiger partial charge < -0.3 is 13.9 Å². The lowest BCUT2D eigenvalue weighted by atomic mass is 10.1. The van der Waals surface area contributed by atoms with Crippen LogP contribution in [0.3, 0.4) is 0 Å². The van der Waals surface area contributed by atoms with Crippen molar-refractivity contribution in [1.82, 2.24) is 4.72 Å². The number of fused-ring (bicyclic) bond motifs is 3. The van der Waals surface area contributed by atoms with Crippen molar-refractivity contribution >= 4 is 49.5 Å². The highest BCUT2D eigenvalue weighted by molar-refractivity contribution is 7.89. The smallest absolute Gasteiger partial charge is 0.322 e. The van der Waals surface area contributed by atoms with Crippen molar-refractivity contribution in [3.63, 3.8) is 0 Å². The summed E-state index contributed by atoms with van der Waals surface area (Å²) in [7, 11) is -4.05. The van der Waals surface area contributed by atoms with Crippen LogP contribution in [0.4, 0.5) is 0 Å². The number of benzene rings is 2. The molecule has 4 aromatic rings. The monoisotopic (exact) mass is 447 g/mol. The van der Waals surface area contributed by atoms with Gasteiger partial charge >= 0.3 is 5.97 Å². The largest absolute Gasteiger partial charge is 0.480 e. The van der Waals surface area contributed by atoms with Gasteiger partial charge in [0.25, 0.3) is 0 Å². The van der Waals surface area contributed by atoms with Crippen LogP contribution >= 0.6 is 11.6 Å². The number of carbonyl (C=O) groups is 1. The van der Waals surface area contributed by atoms with Gasteiger partial charge in [0.05, 0.1) is 11.2 Å². The van der Waals surface area contributed by atoms with Crippen LogP contribution in [0.1, 0.15) is 13.8 Å². The van der Waals surface area contributed by atoms with Crippen LogP contribution in [0.15, 0.2) is 62.5 Å². The van der Waals surface area contributed by atoms with Gasteiger partial charge in [-0.05, 0) is 53.4 Å². The molecule has 2 aromatic carbocycles. The summed E-state index contributed by atoms with van der Waals surface area (Å²) in [5, 5.41) is 11.1. The highest BCUT2D eigenvalue weighted by Gasteiger charge is 2.28. The van der Waals surface area contributed by atoms with Crippen molar-refractivity contribution < 1.29 is 27.2 Å². The fourth-order valence-electron chi connectivity index (χ4n) is 3.30. The maximum atomic E-state index is 12.7. The van der Waals surface area contributed by atoms with E-state index in [9.17, 15) is 18.3 Å². The molecule has 1 atom stereocenters. The fraction of sp³-hybridized carbons (Fsp3) is 0.190. The Morgan fingerprint density at radius 1 is 1.07 bits per heavy atom. The van der Waals surface area contributed by atoms with Crippen molar-refractivity contribution in [3.05, 3.63) is 53.9 Å². The van der Waals surface area contributed by atoms with Crippen LogP contribution < -0.4 is 4.72 Å². The number of hydrogen-bond acceptors (Lipinski definition) is 5. The predicted octanol–water partition coefficient (Wildman–Crippen LogP) is 4.89. The Balaban J connectivity index is 1.77. The van der Waals surface area contributed by atoms with Gasteiger partial charge in [-0.2, -0.15) is 4.72 Å². The molecule has 2 aromatic heterocycles. The third-order valence-electron chi connectivity index (χ3n) is 4.90. The molecule has 7 nitrogen and oxygen atoms in total. The number of aliphatic carboxylic acids is 1. The SMILES string of the molecule is CC(C)[C@H](NS(=O)(=O)c1ccc2c(c1)oc1ccc(-c3ccoc3Cl)cc12)C(=O)O. The highest BCUT2D eigenvalue weighted by atomic mass is 35.5. The van der Waals surface area contributed by atoms with Gasteiger partial charge in [-0.3, -0.25) is 4.79 Å². The molecular weight excluding hydrogens is 430 g/mol. The van der Waals surface area contributed by atoms with E-state index < -0.39 is 28.0 Å². The lowest BCUT2D eigenvalue weighted by Gasteiger charge is -2.17. The minimum Gasteiger partial charge on any atom is -0.480 e. The van der Waals surface area contributed by atoms with Gasteiger partial charge in [0.2, 0.25) is 15.2 Å². The molecule has 156 valence electrons. The zero-order chi connectivity index (χ0) is 21.6. The third kappa shape index (κ3) is 3.58. The molecule has 0 aliphatic heterocycles. The summed E-state index contributed by atoms with van der Waals surface area (Å²) in [5.74, 6) is -1.65. The predicted molar refractivity (Wildman–Crippen MR) is 113 cm³/mol. The van der Waals surface area contributed by atoms with Crippen molar-refractivity contribution in [2.24, 2.45) is 5.92 Å². The van der Waals surface area contributed by atoms with Crippen LogP contribution in [0, 0.1) is 5.92 Å². The van der Waals surface area contributed by atoms with Gasteiger partial charge in [0.15, 0.2) is 0 Å². The molecule has 4 rings (SSSR count). The first-order valence-electron chi connectivity index (χ1n) is 9.12. The van der Waals surface area contributed by atoms with Crippen LogP contribution in [-0.4, -0.2) is 25.5 Å². The molecule has 0 saturated heterocycles. The topological polar surface area (TPSA) is 110 Å². The van der Waals surface area contributed by atoms with E-state index in [1.54, 1.807) is 32.0 Å². The molecule has 0 unspecified atom stereocenters. The number of rotatable bonds is 6. The Morgan fingerprint density at radius 2 is 1.83 bits per heavy atom. The van der Waals surface area contributed by atoms with Crippen molar-refractivity contribution in [1.29, 1.82) is 0 Å². The van der Waals surface area contributed by atoms with Crippen LogP contribution in [0.25, 0.3) is 33.1 Å². The molecule has 0 fully saturated rings. The minimum absolute atomic E-state index is 0.0703. The first-order valence-corrected chi connectivity index (χ1v) is 11.0. The normalized spacial score (nSPS) is 13.3. The Labute approximate surface area is 177 Å². The molecule has 2 heterocycles. The first-order chi connectivity index (χ1) is 14.2. The number of hydrogen-bond donors (Lipinski definition) is 2. The summed E-state index contributed by atoms with van der Waals surface area (Å²) in [6, 6.07) is 10.5. The average Bonchev–Trinajstić information content (AvgIpc) is 3.27. The molecule has 30 heavy (non-hydrogen) atoms. The molecule has 0 aliphatic carbocycles. The van der Waals surface area contributed by atoms with E-state index in [0.717, 1.165) is 21.9 Å². The number of carboxylic acid groups (broad SMARTS) is 1. The van der Waals surface area contributed by atoms with Crippen molar-refractivity contribution in [2.75, 3.05) is 0 Å². The van der Waals surface area contributed by atoms with Gasteiger partial charge in [0.1, 0.15) is 17.2 Å². The highest BCUT2D eigenvalue weighted by Crippen LogP contribution is 2.35. The van der Waals surface area contributed by atoms with Gasteiger partial charge in [-0.25, -0.2) is 8.42 Å². The number of halogens is 1. The fourth-order valence-corrected chi connectivity index (χ4v) is 4.88.